The van der Waals surface area contributed by atoms with Gasteiger partial charge in [-0.05, 0) is 37.6 Å². The van der Waals surface area contributed by atoms with Gasteiger partial charge in [-0.15, -0.1) is 0 Å². The minimum atomic E-state index is -5.08. The summed E-state index contributed by atoms with van der Waals surface area (Å²) in [4.78, 5) is 27.9. The first-order valence-electron chi connectivity index (χ1n) is 10.3. The Labute approximate surface area is 192 Å². The van der Waals surface area contributed by atoms with Gasteiger partial charge >= 0.3 is 12.1 Å². The van der Waals surface area contributed by atoms with E-state index in [2.05, 4.69) is 10.1 Å². The quantitative estimate of drug-likeness (QED) is 0.537. The van der Waals surface area contributed by atoms with E-state index < -0.39 is 12.1 Å². The number of hydrogen-bond acceptors (Lipinski definition) is 6. The monoisotopic (exact) mass is 480 g/mol. The van der Waals surface area contributed by atoms with Crippen LogP contribution in [0.25, 0.3) is 0 Å². The lowest BCUT2D eigenvalue weighted by Gasteiger charge is -2.34. The molecule has 4 rings (SSSR count). The highest BCUT2D eigenvalue weighted by atomic mass is 19.4. The minimum Gasteiger partial charge on any atom is -0.475 e. The van der Waals surface area contributed by atoms with Crippen molar-refractivity contribution in [1.29, 1.82) is 0 Å². The van der Waals surface area contributed by atoms with E-state index in [-0.39, 0.29) is 11.9 Å². The van der Waals surface area contributed by atoms with Crippen molar-refractivity contribution in [2.75, 3.05) is 13.2 Å². The van der Waals surface area contributed by atoms with Crippen LogP contribution in [0.3, 0.4) is 0 Å². The molecule has 12 heteroatoms. The maximum atomic E-state index is 12.9. The molecule has 1 unspecified atom stereocenters. The summed E-state index contributed by atoms with van der Waals surface area (Å²) < 4.78 is 44.8. The molecule has 1 atom stereocenters. The second kappa shape index (κ2) is 11.0. The number of alkyl halides is 3. The van der Waals surface area contributed by atoms with Crippen molar-refractivity contribution in [3.63, 3.8) is 0 Å². The Morgan fingerprint density at radius 2 is 2.00 bits per heavy atom. The number of aromatic nitrogens is 3. The highest BCUT2D eigenvalue weighted by Crippen LogP contribution is 2.25. The Morgan fingerprint density at radius 3 is 2.62 bits per heavy atom. The third-order valence-electron chi connectivity index (χ3n) is 5.07. The summed E-state index contributed by atoms with van der Waals surface area (Å²) in [6.45, 7) is 4.02. The predicted octanol–water partition coefficient (Wildman–Crippen LogP) is 3.62. The number of rotatable bonds is 6. The molecule has 0 bridgehead atoms. The van der Waals surface area contributed by atoms with Crippen LogP contribution in [0, 0.1) is 6.92 Å². The van der Waals surface area contributed by atoms with Crippen molar-refractivity contribution in [3.8, 4) is 0 Å². The molecule has 182 valence electrons. The summed E-state index contributed by atoms with van der Waals surface area (Å²) in [5, 5.41) is 11.6. The van der Waals surface area contributed by atoms with Crippen molar-refractivity contribution < 1.29 is 37.0 Å². The average Bonchev–Trinajstić information content (AvgIpc) is 3.45. The Hall–Kier alpha value is -3.67. The van der Waals surface area contributed by atoms with Crippen LogP contribution >= 0.6 is 0 Å². The Morgan fingerprint density at radius 1 is 1.24 bits per heavy atom. The summed E-state index contributed by atoms with van der Waals surface area (Å²) >= 11 is 0. The fraction of sp³-hybridized carbons (Fsp3) is 0.364. The van der Waals surface area contributed by atoms with E-state index in [0.717, 1.165) is 17.8 Å². The zero-order valence-electron chi connectivity index (χ0n) is 18.2. The molecule has 0 spiro atoms. The van der Waals surface area contributed by atoms with E-state index in [0.29, 0.717) is 37.6 Å². The molecular formula is C22H23F3N4O5. The molecule has 4 heterocycles. The van der Waals surface area contributed by atoms with Crippen LogP contribution in [-0.4, -0.2) is 56.0 Å². The van der Waals surface area contributed by atoms with Crippen LogP contribution in [0.5, 0.6) is 0 Å². The van der Waals surface area contributed by atoms with Crippen LogP contribution in [0.4, 0.5) is 13.2 Å². The van der Waals surface area contributed by atoms with Crippen molar-refractivity contribution in [1.82, 2.24) is 19.7 Å². The highest BCUT2D eigenvalue weighted by Gasteiger charge is 2.38. The average molecular weight is 480 g/mol. The molecule has 0 radical (unpaired) electrons. The first-order valence-corrected chi connectivity index (χ1v) is 10.3. The largest absolute Gasteiger partial charge is 0.490 e. The SMILES string of the molecule is Cc1occc1C(=O)N1Cc2ccnn2C(CCOCc2ccccn2)C1.O=C(O)C(F)(F)F. The molecule has 0 saturated heterocycles. The molecule has 3 aromatic heterocycles. The molecule has 1 N–H and O–H groups in total. The number of ether oxygens (including phenoxy) is 1. The normalized spacial score (nSPS) is 15.3. The minimum absolute atomic E-state index is 0.00639. The molecule has 1 amide bonds. The summed E-state index contributed by atoms with van der Waals surface area (Å²) in [7, 11) is 0. The standard InChI is InChI=1S/C20H22N4O3.C2HF3O2/c1-15-19(7-11-27-15)20(25)23-12-17-5-9-22-24(17)18(13-23)6-10-26-14-16-4-2-3-8-21-16;3-2(4,5)1(6)7/h2-5,7-9,11,18H,6,10,12-14H2,1H3;(H,6,7). The number of fused-ring (bicyclic) bond motifs is 1. The molecule has 0 fully saturated rings. The van der Waals surface area contributed by atoms with Crippen molar-refractivity contribution >= 4 is 11.9 Å². The lowest BCUT2D eigenvalue weighted by Crippen LogP contribution is -2.41. The van der Waals surface area contributed by atoms with Crippen LogP contribution in [0.1, 0.15) is 40.0 Å². The fourth-order valence-electron chi connectivity index (χ4n) is 3.41. The van der Waals surface area contributed by atoms with Gasteiger partial charge in [-0.3, -0.25) is 14.5 Å². The first kappa shape index (κ1) is 25.0. The van der Waals surface area contributed by atoms with E-state index in [1.807, 2.05) is 40.8 Å². The lowest BCUT2D eigenvalue weighted by atomic mass is 10.1. The summed E-state index contributed by atoms with van der Waals surface area (Å²) in [5.41, 5.74) is 2.56. The number of carbonyl (C=O) groups excluding carboxylic acids is 1. The number of carbonyl (C=O) groups is 2. The van der Waals surface area contributed by atoms with Crippen molar-refractivity contribution in [2.24, 2.45) is 0 Å². The van der Waals surface area contributed by atoms with E-state index in [1.165, 1.54) is 0 Å². The smallest absolute Gasteiger partial charge is 0.475 e. The van der Waals surface area contributed by atoms with Gasteiger partial charge in [0.25, 0.3) is 5.91 Å². The van der Waals surface area contributed by atoms with Gasteiger partial charge in [0.05, 0.1) is 42.4 Å². The van der Waals surface area contributed by atoms with Crippen LogP contribution < -0.4 is 0 Å². The number of pyridine rings is 1. The molecule has 0 aliphatic carbocycles. The van der Waals surface area contributed by atoms with Crippen LogP contribution in [-0.2, 0) is 22.7 Å². The molecule has 1 aliphatic rings. The van der Waals surface area contributed by atoms with Gasteiger partial charge in [-0.2, -0.15) is 18.3 Å². The number of amides is 1. The van der Waals surface area contributed by atoms with Gasteiger partial charge in [0.15, 0.2) is 0 Å². The predicted molar refractivity (Wildman–Crippen MR) is 112 cm³/mol. The number of carboxylic acid groups (broad SMARTS) is 1. The Bertz CT molecular complexity index is 1100. The molecular weight excluding hydrogens is 457 g/mol. The van der Waals surface area contributed by atoms with Gasteiger partial charge in [0.2, 0.25) is 0 Å². The maximum absolute atomic E-state index is 12.9. The summed E-state index contributed by atoms with van der Waals surface area (Å²) in [6.07, 6.45) is 0.792. The van der Waals surface area contributed by atoms with E-state index in [4.69, 9.17) is 19.1 Å². The summed E-state index contributed by atoms with van der Waals surface area (Å²) in [5.74, 6) is -2.12. The molecule has 3 aromatic rings. The first-order chi connectivity index (χ1) is 16.2. The van der Waals surface area contributed by atoms with Gasteiger partial charge < -0.3 is 19.2 Å². The molecule has 34 heavy (non-hydrogen) atoms. The maximum Gasteiger partial charge on any atom is 0.490 e. The van der Waals surface area contributed by atoms with Crippen LogP contribution in [0.2, 0.25) is 0 Å². The zero-order valence-corrected chi connectivity index (χ0v) is 18.2. The summed E-state index contributed by atoms with van der Waals surface area (Å²) in [6, 6.07) is 9.56. The van der Waals surface area contributed by atoms with Gasteiger partial charge in [-0.25, -0.2) is 4.79 Å². The number of furan rings is 1. The van der Waals surface area contributed by atoms with Crippen molar-refractivity contribution in [2.45, 2.75) is 38.7 Å². The highest BCUT2D eigenvalue weighted by molar-refractivity contribution is 5.95. The van der Waals surface area contributed by atoms with Crippen LogP contribution in [0.15, 0.2) is 53.4 Å². The fourth-order valence-corrected chi connectivity index (χ4v) is 3.41. The molecule has 0 aromatic carbocycles. The third-order valence-corrected chi connectivity index (χ3v) is 5.07. The number of carboxylic acids is 1. The molecule has 0 saturated carbocycles. The Balaban J connectivity index is 0.000000406. The number of nitrogens with zero attached hydrogens (tertiary/aromatic N) is 4. The number of halogens is 3. The second-order valence-electron chi connectivity index (χ2n) is 7.46. The van der Waals surface area contributed by atoms with E-state index in [1.54, 1.807) is 24.7 Å². The molecule has 9 nitrogen and oxygen atoms in total. The lowest BCUT2D eigenvalue weighted by molar-refractivity contribution is -0.192. The topological polar surface area (TPSA) is 111 Å². The number of aliphatic carboxylic acids is 1. The van der Waals surface area contributed by atoms with E-state index >= 15 is 0 Å². The van der Waals surface area contributed by atoms with E-state index in [9.17, 15) is 18.0 Å². The third kappa shape index (κ3) is 6.44. The molecule has 1 aliphatic heterocycles. The number of hydrogen-bond donors (Lipinski definition) is 1. The zero-order chi connectivity index (χ0) is 24.7. The van der Waals surface area contributed by atoms with Gasteiger partial charge in [0, 0.05) is 25.5 Å². The van der Waals surface area contributed by atoms with Gasteiger partial charge in [0.1, 0.15) is 5.76 Å². The van der Waals surface area contributed by atoms with Crippen molar-refractivity contribution in [3.05, 3.63) is 71.7 Å². The second-order valence-corrected chi connectivity index (χ2v) is 7.46. The van der Waals surface area contributed by atoms with Gasteiger partial charge in [-0.1, -0.05) is 6.07 Å². The number of aryl methyl sites for hydroxylation is 1. The Kier molecular flexibility index (Phi) is 8.05.